The van der Waals surface area contributed by atoms with E-state index in [1.807, 2.05) is 56.3 Å². The average Bonchev–Trinajstić information content (AvgIpc) is 3.50. The van der Waals surface area contributed by atoms with Crippen molar-refractivity contribution in [1.82, 2.24) is 24.6 Å². The van der Waals surface area contributed by atoms with E-state index in [0.717, 1.165) is 28.9 Å². The summed E-state index contributed by atoms with van der Waals surface area (Å²) in [4.78, 5) is 49.0. The zero-order valence-corrected chi connectivity index (χ0v) is 21.1. The number of carbonyl (C=O) groups is 3. The number of nitrogens with one attached hydrogen (secondary N) is 1. The number of nitrogens with zero attached hydrogens (tertiary/aromatic N) is 5. The molecule has 1 N–H and O–H groups in total. The maximum atomic E-state index is 13.4. The number of aromatic nitrogens is 4. The number of ketones is 1. The number of benzene rings is 1. The van der Waals surface area contributed by atoms with Crippen LogP contribution in [0.25, 0.3) is 22.0 Å². The largest absolute Gasteiger partial charge is 0.329 e. The Morgan fingerprint density at radius 1 is 1.03 bits per heavy atom. The molecule has 4 aromatic rings. The van der Waals surface area contributed by atoms with Gasteiger partial charge in [-0.15, -0.1) is 0 Å². The zero-order chi connectivity index (χ0) is 26.1. The number of hydrogen-bond donors (Lipinski definition) is 1. The van der Waals surface area contributed by atoms with Gasteiger partial charge in [0.25, 0.3) is 0 Å². The first-order valence-electron chi connectivity index (χ1n) is 12.3. The van der Waals surface area contributed by atoms with Gasteiger partial charge >= 0.3 is 0 Å². The number of carbonyl (C=O) groups excluding carboxylic acids is 3. The van der Waals surface area contributed by atoms with E-state index in [4.69, 9.17) is 0 Å². The first-order chi connectivity index (χ1) is 17.8. The fourth-order valence-corrected chi connectivity index (χ4v) is 4.76. The molecule has 1 saturated heterocycles. The molecule has 0 saturated carbocycles. The van der Waals surface area contributed by atoms with Crippen molar-refractivity contribution in [2.24, 2.45) is 0 Å². The maximum Gasteiger partial charge on any atom is 0.248 e. The predicted octanol–water partition coefficient (Wildman–Crippen LogP) is 3.94. The lowest BCUT2D eigenvalue weighted by atomic mass is 10.0. The van der Waals surface area contributed by atoms with Gasteiger partial charge in [-0.2, -0.15) is 5.10 Å². The highest BCUT2D eigenvalue weighted by Gasteiger charge is 2.34. The Morgan fingerprint density at radius 2 is 1.84 bits per heavy atom. The second kappa shape index (κ2) is 9.93. The van der Waals surface area contributed by atoms with Crippen LogP contribution in [-0.4, -0.2) is 54.8 Å². The van der Waals surface area contributed by atoms with Gasteiger partial charge < -0.3 is 10.2 Å². The van der Waals surface area contributed by atoms with Crippen molar-refractivity contribution in [1.29, 1.82) is 0 Å². The summed E-state index contributed by atoms with van der Waals surface area (Å²) >= 11 is 0. The molecule has 0 radical (unpaired) electrons. The van der Waals surface area contributed by atoms with Crippen LogP contribution in [0.2, 0.25) is 0 Å². The summed E-state index contributed by atoms with van der Waals surface area (Å²) in [7, 11) is 0. The minimum absolute atomic E-state index is 0.0678. The van der Waals surface area contributed by atoms with Crippen LogP contribution in [0.3, 0.4) is 0 Å². The van der Waals surface area contributed by atoms with Crippen molar-refractivity contribution in [2.45, 2.75) is 46.2 Å². The van der Waals surface area contributed by atoms with Crippen LogP contribution in [0.4, 0.5) is 5.82 Å². The summed E-state index contributed by atoms with van der Waals surface area (Å²) in [5, 5.41) is 8.00. The van der Waals surface area contributed by atoms with E-state index in [1.165, 1.54) is 6.92 Å². The number of aryl methyl sites for hydroxylation is 2. The van der Waals surface area contributed by atoms with Crippen LogP contribution in [0.1, 0.15) is 41.6 Å². The molecule has 1 fully saturated rings. The quantitative estimate of drug-likeness (QED) is 0.405. The summed E-state index contributed by atoms with van der Waals surface area (Å²) in [6, 6.07) is 14.5. The van der Waals surface area contributed by atoms with Gasteiger partial charge in [0.15, 0.2) is 5.78 Å². The minimum Gasteiger partial charge on any atom is -0.329 e. The smallest absolute Gasteiger partial charge is 0.248 e. The van der Waals surface area contributed by atoms with Gasteiger partial charge in [-0.25, -0.2) is 4.98 Å². The molecule has 4 heterocycles. The summed E-state index contributed by atoms with van der Waals surface area (Å²) in [6.07, 6.45) is 3.11. The fourth-order valence-electron chi connectivity index (χ4n) is 4.76. The Kier molecular flexibility index (Phi) is 6.52. The molecule has 9 heteroatoms. The molecular formula is C28H28N6O3. The van der Waals surface area contributed by atoms with E-state index in [2.05, 4.69) is 20.4 Å². The van der Waals surface area contributed by atoms with Crippen molar-refractivity contribution in [3.05, 3.63) is 71.8 Å². The van der Waals surface area contributed by atoms with Gasteiger partial charge in [-0.05, 0) is 62.6 Å². The van der Waals surface area contributed by atoms with Crippen molar-refractivity contribution in [2.75, 3.05) is 11.9 Å². The number of hydrogen-bond acceptors (Lipinski definition) is 6. The topological polar surface area (TPSA) is 110 Å². The van der Waals surface area contributed by atoms with Crippen molar-refractivity contribution < 1.29 is 14.4 Å². The Balaban J connectivity index is 1.39. The number of Topliss-reactive ketones (excluding diaryl/α,β-unsaturated/α-hetero) is 1. The third-order valence-electron chi connectivity index (χ3n) is 6.63. The Morgan fingerprint density at radius 3 is 2.57 bits per heavy atom. The average molecular weight is 497 g/mol. The third-order valence-corrected chi connectivity index (χ3v) is 6.63. The van der Waals surface area contributed by atoms with Crippen LogP contribution in [0.15, 0.2) is 54.7 Å². The number of likely N-dealkylation sites (tertiary alicyclic amines) is 1. The van der Waals surface area contributed by atoms with Crippen LogP contribution in [-0.2, 0) is 16.1 Å². The first kappa shape index (κ1) is 24.3. The van der Waals surface area contributed by atoms with Crippen molar-refractivity contribution >= 4 is 34.3 Å². The molecule has 0 spiro atoms. The van der Waals surface area contributed by atoms with Gasteiger partial charge in [-0.1, -0.05) is 18.2 Å². The number of amides is 2. The Bertz CT molecular complexity index is 1510. The first-order valence-corrected chi connectivity index (χ1v) is 12.3. The molecule has 9 nitrogen and oxygen atoms in total. The monoisotopic (exact) mass is 496 g/mol. The molecule has 1 aromatic carbocycles. The molecule has 1 unspecified atom stereocenters. The molecule has 2 amide bonds. The molecule has 5 rings (SSSR count). The number of anilines is 1. The normalized spacial score (nSPS) is 15.2. The van der Waals surface area contributed by atoms with Crippen molar-refractivity contribution in [3.63, 3.8) is 0 Å². The fraction of sp³-hybridized carbons (Fsp3) is 0.286. The highest BCUT2D eigenvalue weighted by Crippen LogP contribution is 2.27. The lowest BCUT2D eigenvalue weighted by Crippen LogP contribution is -2.44. The van der Waals surface area contributed by atoms with Crippen LogP contribution >= 0.6 is 0 Å². The van der Waals surface area contributed by atoms with Crippen LogP contribution < -0.4 is 5.32 Å². The van der Waals surface area contributed by atoms with Gasteiger partial charge in [0.05, 0.1) is 5.52 Å². The van der Waals surface area contributed by atoms with Crippen LogP contribution in [0, 0.1) is 13.8 Å². The third kappa shape index (κ3) is 4.97. The second-order valence-corrected chi connectivity index (χ2v) is 9.38. The maximum absolute atomic E-state index is 13.4. The molecule has 1 aliphatic heterocycles. The van der Waals surface area contributed by atoms with E-state index in [-0.39, 0.29) is 24.1 Å². The second-order valence-electron chi connectivity index (χ2n) is 9.38. The molecule has 3 aromatic heterocycles. The Labute approximate surface area is 214 Å². The standard InChI is InChI=1S/C28H28N6O3/c1-17-9-10-21(15-29-17)20-11-12-23-22(14-20)27(19(3)35)32-34(23)16-26(36)33-13-5-7-24(33)28(37)31-25-8-4-6-18(2)30-25/h4,6,8-12,14-15,24H,5,7,13,16H2,1-3H3,(H,30,31,37). The SMILES string of the molecule is CC(=O)c1nn(CC(=O)N2CCCC2C(=O)Nc2cccc(C)n2)c2ccc(-c3ccc(C)nc3)cc12. The van der Waals surface area contributed by atoms with Gasteiger partial charge in [0, 0.05) is 42.0 Å². The van der Waals surface area contributed by atoms with Gasteiger partial charge in [0.1, 0.15) is 24.1 Å². The summed E-state index contributed by atoms with van der Waals surface area (Å²) in [6.45, 7) is 5.67. The number of rotatable bonds is 6. The molecule has 1 atom stereocenters. The summed E-state index contributed by atoms with van der Waals surface area (Å²) < 4.78 is 1.56. The zero-order valence-electron chi connectivity index (χ0n) is 21.1. The molecule has 1 aliphatic rings. The highest BCUT2D eigenvalue weighted by molar-refractivity contribution is 6.06. The molecule has 37 heavy (non-hydrogen) atoms. The predicted molar refractivity (Wildman–Crippen MR) is 140 cm³/mol. The van der Waals surface area contributed by atoms with E-state index in [1.54, 1.807) is 21.8 Å². The lowest BCUT2D eigenvalue weighted by Gasteiger charge is -2.24. The van der Waals surface area contributed by atoms with Gasteiger partial charge in [-0.3, -0.25) is 24.0 Å². The van der Waals surface area contributed by atoms with E-state index in [9.17, 15) is 14.4 Å². The minimum atomic E-state index is -0.579. The molecule has 188 valence electrons. The van der Waals surface area contributed by atoms with Gasteiger partial charge in [0.2, 0.25) is 11.8 Å². The molecular weight excluding hydrogens is 468 g/mol. The molecule has 0 aliphatic carbocycles. The molecule has 0 bridgehead atoms. The summed E-state index contributed by atoms with van der Waals surface area (Å²) in [5.74, 6) is -0.191. The Hall–Kier alpha value is -4.40. The van der Waals surface area contributed by atoms with E-state index in [0.29, 0.717) is 35.4 Å². The van der Waals surface area contributed by atoms with Crippen molar-refractivity contribution in [3.8, 4) is 11.1 Å². The highest BCUT2D eigenvalue weighted by atomic mass is 16.2. The van der Waals surface area contributed by atoms with Crippen LogP contribution in [0.5, 0.6) is 0 Å². The summed E-state index contributed by atoms with van der Waals surface area (Å²) in [5.41, 5.74) is 4.56. The number of fused-ring (bicyclic) bond motifs is 1. The van der Waals surface area contributed by atoms with E-state index >= 15 is 0 Å². The lowest BCUT2D eigenvalue weighted by molar-refractivity contribution is -0.137. The van der Waals surface area contributed by atoms with E-state index < -0.39 is 6.04 Å². The number of pyridine rings is 2.